The van der Waals surface area contributed by atoms with Crippen molar-refractivity contribution in [3.05, 3.63) is 23.9 Å². The van der Waals surface area contributed by atoms with Gasteiger partial charge in [0.1, 0.15) is 0 Å². The molecule has 0 aromatic carbocycles. The first kappa shape index (κ1) is 15.4. The van der Waals surface area contributed by atoms with Gasteiger partial charge in [-0.3, -0.25) is 0 Å². The van der Waals surface area contributed by atoms with Crippen LogP contribution < -0.4 is 5.73 Å². The molecule has 7 heteroatoms. The van der Waals surface area contributed by atoms with E-state index in [9.17, 15) is 8.42 Å². The average molecular weight is 299 g/mol. The highest BCUT2D eigenvalue weighted by molar-refractivity contribution is 7.89. The van der Waals surface area contributed by atoms with Gasteiger partial charge in [-0.05, 0) is 31.4 Å². The van der Waals surface area contributed by atoms with Crippen LogP contribution in [-0.2, 0) is 21.3 Å². The number of hydrogen-bond donors (Lipinski definition) is 1. The van der Waals surface area contributed by atoms with E-state index in [0.717, 1.165) is 18.4 Å². The molecule has 112 valence electrons. The molecule has 1 aromatic heterocycles. The third kappa shape index (κ3) is 3.35. The topological polar surface area (TPSA) is 85.5 Å². The Labute approximate surface area is 120 Å². The molecule has 2 heterocycles. The Hall–Kier alpha value is -1.02. The molecular weight excluding hydrogens is 278 g/mol. The molecule has 1 fully saturated rings. The zero-order valence-corrected chi connectivity index (χ0v) is 12.5. The molecule has 2 N–H and O–H groups in total. The molecule has 6 nitrogen and oxygen atoms in total. The summed E-state index contributed by atoms with van der Waals surface area (Å²) >= 11 is 0. The van der Waals surface area contributed by atoms with Gasteiger partial charge >= 0.3 is 0 Å². The first-order valence-corrected chi connectivity index (χ1v) is 8.28. The number of aromatic nitrogens is 1. The summed E-state index contributed by atoms with van der Waals surface area (Å²) in [5, 5.41) is 0.0876. The van der Waals surface area contributed by atoms with E-state index in [0.29, 0.717) is 26.2 Å². The van der Waals surface area contributed by atoms with E-state index in [1.54, 1.807) is 6.07 Å². The fourth-order valence-corrected chi connectivity index (χ4v) is 3.67. The van der Waals surface area contributed by atoms with E-state index in [1.165, 1.54) is 16.6 Å². The second kappa shape index (κ2) is 6.62. The number of nitrogens with two attached hydrogens (primary N) is 1. The molecule has 0 atom stereocenters. The van der Waals surface area contributed by atoms with Gasteiger partial charge in [-0.1, -0.05) is 6.07 Å². The highest BCUT2D eigenvalue weighted by atomic mass is 32.2. The van der Waals surface area contributed by atoms with Crippen LogP contribution in [0.1, 0.15) is 25.3 Å². The molecular formula is C13H21N3O3S. The van der Waals surface area contributed by atoms with Crippen molar-refractivity contribution in [1.29, 1.82) is 0 Å². The van der Waals surface area contributed by atoms with Crippen LogP contribution in [0.2, 0.25) is 0 Å². The predicted octanol–water partition coefficient (Wildman–Crippen LogP) is 0.730. The highest BCUT2D eigenvalue weighted by Gasteiger charge is 2.30. The molecule has 0 unspecified atom stereocenters. The number of sulfonamides is 1. The second-order valence-corrected chi connectivity index (χ2v) is 6.65. The van der Waals surface area contributed by atoms with E-state index in [-0.39, 0.29) is 11.1 Å². The van der Waals surface area contributed by atoms with Crippen LogP contribution >= 0.6 is 0 Å². The van der Waals surface area contributed by atoms with Gasteiger partial charge < -0.3 is 10.5 Å². The molecule has 2 rings (SSSR count). The number of nitrogens with zero attached hydrogens (tertiary/aromatic N) is 2. The maximum Gasteiger partial charge on any atom is 0.260 e. The van der Waals surface area contributed by atoms with Crippen molar-refractivity contribution in [3.63, 3.8) is 0 Å². The minimum absolute atomic E-state index is 0.0876. The SMILES string of the molecule is CCOC1CCN(S(=O)(=O)c2ccc(CN)cn2)CC1. The zero-order valence-electron chi connectivity index (χ0n) is 11.7. The highest BCUT2D eigenvalue weighted by Crippen LogP contribution is 2.21. The monoisotopic (exact) mass is 299 g/mol. The maximum atomic E-state index is 12.4. The Bertz CT molecular complexity index is 522. The van der Waals surface area contributed by atoms with Crippen molar-refractivity contribution in [1.82, 2.24) is 9.29 Å². The van der Waals surface area contributed by atoms with E-state index in [1.807, 2.05) is 6.92 Å². The van der Waals surface area contributed by atoms with Crippen LogP contribution in [0.5, 0.6) is 0 Å². The molecule has 1 aliphatic heterocycles. The molecule has 1 aliphatic rings. The Morgan fingerprint density at radius 3 is 2.60 bits per heavy atom. The Kier molecular flexibility index (Phi) is 5.09. The zero-order chi connectivity index (χ0) is 14.6. The van der Waals surface area contributed by atoms with Crippen LogP contribution in [-0.4, -0.2) is 43.5 Å². The Morgan fingerprint density at radius 2 is 2.10 bits per heavy atom. The number of pyridine rings is 1. The second-order valence-electron chi connectivity index (χ2n) is 4.77. The molecule has 1 saturated heterocycles. The molecule has 0 amide bonds. The van der Waals surface area contributed by atoms with Crippen LogP contribution in [0, 0.1) is 0 Å². The lowest BCUT2D eigenvalue weighted by molar-refractivity contribution is 0.0289. The summed E-state index contributed by atoms with van der Waals surface area (Å²) in [7, 11) is -3.50. The van der Waals surface area contributed by atoms with Gasteiger partial charge in [0.15, 0.2) is 5.03 Å². The largest absolute Gasteiger partial charge is 0.378 e. The minimum Gasteiger partial charge on any atom is -0.378 e. The normalized spacial score (nSPS) is 18.3. The van der Waals surface area contributed by atoms with Crippen LogP contribution in [0.15, 0.2) is 23.4 Å². The summed E-state index contributed by atoms with van der Waals surface area (Å²) in [5.41, 5.74) is 6.30. The summed E-state index contributed by atoms with van der Waals surface area (Å²) in [4.78, 5) is 4.01. The first-order chi connectivity index (χ1) is 9.57. The fourth-order valence-electron chi connectivity index (χ4n) is 2.29. The summed E-state index contributed by atoms with van der Waals surface area (Å²) < 4.78 is 31.9. The van der Waals surface area contributed by atoms with Crippen molar-refractivity contribution in [2.45, 2.75) is 37.4 Å². The lowest BCUT2D eigenvalue weighted by Crippen LogP contribution is -2.41. The maximum absolute atomic E-state index is 12.4. The lowest BCUT2D eigenvalue weighted by Gasteiger charge is -2.30. The van der Waals surface area contributed by atoms with Gasteiger partial charge in [-0.2, -0.15) is 4.31 Å². The van der Waals surface area contributed by atoms with Gasteiger partial charge in [-0.15, -0.1) is 0 Å². The molecule has 0 aliphatic carbocycles. The predicted molar refractivity (Wildman–Crippen MR) is 75.5 cm³/mol. The van der Waals surface area contributed by atoms with E-state index >= 15 is 0 Å². The Balaban J connectivity index is 2.07. The first-order valence-electron chi connectivity index (χ1n) is 6.84. The van der Waals surface area contributed by atoms with Crippen molar-refractivity contribution >= 4 is 10.0 Å². The molecule has 20 heavy (non-hydrogen) atoms. The summed E-state index contributed by atoms with van der Waals surface area (Å²) in [5.74, 6) is 0. The van der Waals surface area contributed by atoms with Crippen molar-refractivity contribution in [2.75, 3.05) is 19.7 Å². The van der Waals surface area contributed by atoms with Gasteiger partial charge in [-0.25, -0.2) is 13.4 Å². The van der Waals surface area contributed by atoms with Crippen LogP contribution in [0.4, 0.5) is 0 Å². The van der Waals surface area contributed by atoms with Gasteiger partial charge in [0, 0.05) is 32.4 Å². The van der Waals surface area contributed by atoms with E-state index < -0.39 is 10.0 Å². The van der Waals surface area contributed by atoms with Crippen molar-refractivity contribution in [3.8, 4) is 0 Å². The number of ether oxygens (including phenoxy) is 1. The van der Waals surface area contributed by atoms with Gasteiger partial charge in [0.05, 0.1) is 6.10 Å². The van der Waals surface area contributed by atoms with Crippen LogP contribution in [0.3, 0.4) is 0 Å². The fraction of sp³-hybridized carbons (Fsp3) is 0.615. The minimum atomic E-state index is -3.50. The third-order valence-electron chi connectivity index (χ3n) is 3.44. The molecule has 0 saturated carbocycles. The summed E-state index contributed by atoms with van der Waals surface area (Å²) in [6.07, 6.45) is 3.14. The molecule has 0 spiro atoms. The molecule has 0 radical (unpaired) electrons. The molecule has 1 aromatic rings. The lowest BCUT2D eigenvalue weighted by atomic mass is 10.1. The Morgan fingerprint density at radius 1 is 1.40 bits per heavy atom. The smallest absolute Gasteiger partial charge is 0.260 e. The third-order valence-corrected chi connectivity index (χ3v) is 5.26. The number of rotatable bonds is 5. The summed E-state index contributed by atoms with van der Waals surface area (Å²) in [6, 6.07) is 3.22. The van der Waals surface area contributed by atoms with Crippen molar-refractivity contribution < 1.29 is 13.2 Å². The average Bonchev–Trinajstić information content (AvgIpc) is 2.48. The quantitative estimate of drug-likeness (QED) is 0.866. The standard InChI is InChI=1S/C13H21N3O3S/c1-2-19-12-5-7-16(8-6-12)20(17,18)13-4-3-11(9-14)10-15-13/h3-4,10,12H,2,5-9,14H2,1H3. The van der Waals surface area contributed by atoms with E-state index in [4.69, 9.17) is 10.5 Å². The van der Waals surface area contributed by atoms with Crippen LogP contribution in [0.25, 0.3) is 0 Å². The van der Waals surface area contributed by atoms with Gasteiger partial charge in [0.25, 0.3) is 10.0 Å². The molecule has 0 bridgehead atoms. The number of piperidine rings is 1. The summed E-state index contributed by atoms with van der Waals surface area (Å²) in [6.45, 7) is 3.93. The number of hydrogen-bond acceptors (Lipinski definition) is 5. The van der Waals surface area contributed by atoms with E-state index in [2.05, 4.69) is 4.98 Å². The van der Waals surface area contributed by atoms with Gasteiger partial charge in [0.2, 0.25) is 0 Å². The van der Waals surface area contributed by atoms with Crippen molar-refractivity contribution in [2.24, 2.45) is 5.73 Å².